The predicted molar refractivity (Wildman–Crippen MR) is 96.9 cm³/mol. The van der Waals surface area contributed by atoms with Crippen LogP contribution in [0.2, 0.25) is 5.02 Å². The smallest absolute Gasteiger partial charge is 0.227 e. The van der Waals surface area contributed by atoms with Crippen LogP contribution in [-0.2, 0) is 11.2 Å². The molecule has 1 unspecified atom stereocenters. The van der Waals surface area contributed by atoms with Crippen LogP contribution in [0.3, 0.4) is 0 Å². The molecule has 0 spiro atoms. The third-order valence-electron chi connectivity index (χ3n) is 4.16. The number of carbonyl (C=O) groups is 1. The number of nitrogen functional groups attached to an aromatic ring is 1. The van der Waals surface area contributed by atoms with Crippen LogP contribution < -0.4 is 5.73 Å². The fraction of sp³-hybridized carbons (Fsp3) is 0.278. The van der Waals surface area contributed by atoms with Crippen molar-refractivity contribution in [2.75, 3.05) is 12.3 Å². The monoisotopic (exact) mass is 350 g/mol. The van der Waals surface area contributed by atoms with Crippen molar-refractivity contribution in [1.29, 1.82) is 0 Å². The van der Waals surface area contributed by atoms with E-state index >= 15 is 0 Å². The third kappa shape index (κ3) is 4.18. The highest BCUT2D eigenvalue weighted by Crippen LogP contribution is 2.33. The van der Waals surface area contributed by atoms with Gasteiger partial charge < -0.3 is 10.6 Å². The van der Waals surface area contributed by atoms with Gasteiger partial charge in [-0.2, -0.15) is 0 Å². The van der Waals surface area contributed by atoms with E-state index < -0.39 is 0 Å². The maximum Gasteiger partial charge on any atom is 0.227 e. The molecule has 1 amide bonds. The summed E-state index contributed by atoms with van der Waals surface area (Å²) in [6.45, 7) is 0.821. The van der Waals surface area contributed by atoms with Crippen molar-refractivity contribution < 1.29 is 4.79 Å². The number of hydrogen-bond donors (Lipinski definition) is 1. The summed E-state index contributed by atoms with van der Waals surface area (Å²) in [5.74, 6) is 0.169. The van der Waals surface area contributed by atoms with Crippen molar-refractivity contribution in [1.82, 2.24) is 4.90 Å². The summed E-state index contributed by atoms with van der Waals surface area (Å²) in [4.78, 5) is 14.6. The predicted octanol–water partition coefficient (Wildman–Crippen LogP) is 4.25. The molecule has 122 valence electrons. The molecule has 3 nitrogen and oxygen atoms in total. The average Bonchev–Trinajstić information content (AvgIpc) is 3.00. The molecule has 1 atom stereocenters. The van der Waals surface area contributed by atoms with E-state index in [9.17, 15) is 4.79 Å². The van der Waals surface area contributed by atoms with Crippen LogP contribution in [-0.4, -0.2) is 17.4 Å². The van der Waals surface area contributed by atoms with E-state index in [0.29, 0.717) is 6.42 Å². The van der Waals surface area contributed by atoms with Crippen molar-refractivity contribution in [3.05, 3.63) is 64.7 Å². The van der Waals surface area contributed by atoms with Crippen LogP contribution in [0, 0.1) is 0 Å². The summed E-state index contributed by atoms with van der Waals surface area (Å²) in [5, 5.41) is 0.724. The van der Waals surface area contributed by atoms with Gasteiger partial charge in [0.15, 0.2) is 0 Å². The number of amides is 1. The highest BCUT2D eigenvalue weighted by molar-refractivity contribution is 6.30. The molecular formula is C18H20Cl2N2O. The molecule has 23 heavy (non-hydrogen) atoms. The Morgan fingerprint density at radius 3 is 2.43 bits per heavy atom. The zero-order valence-electron chi connectivity index (χ0n) is 12.7. The van der Waals surface area contributed by atoms with Gasteiger partial charge in [-0.15, -0.1) is 12.4 Å². The van der Waals surface area contributed by atoms with Gasteiger partial charge in [-0.1, -0.05) is 35.9 Å². The normalized spacial score (nSPS) is 16.9. The van der Waals surface area contributed by atoms with Crippen LogP contribution >= 0.6 is 24.0 Å². The van der Waals surface area contributed by atoms with Crippen molar-refractivity contribution >= 4 is 35.6 Å². The summed E-state index contributed by atoms with van der Waals surface area (Å²) in [7, 11) is 0. The molecule has 0 aliphatic carbocycles. The molecule has 0 bridgehead atoms. The van der Waals surface area contributed by atoms with Crippen LogP contribution in [0.4, 0.5) is 5.69 Å². The van der Waals surface area contributed by atoms with Gasteiger partial charge in [-0.25, -0.2) is 0 Å². The average molecular weight is 351 g/mol. The number of anilines is 1. The Bertz CT molecular complexity index is 656. The Balaban J connectivity index is 0.00000192. The van der Waals surface area contributed by atoms with Gasteiger partial charge in [0.05, 0.1) is 12.5 Å². The highest BCUT2D eigenvalue weighted by atomic mass is 35.5. The molecule has 1 saturated heterocycles. The molecule has 0 aromatic heterocycles. The molecule has 1 fully saturated rings. The second-order valence-corrected chi connectivity index (χ2v) is 6.15. The topological polar surface area (TPSA) is 46.3 Å². The van der Waals surface area contributed by atoms with E-state index in [4.69, 9.17) is 17.3 Å². The van der Waals surface area contributed by atoms with Gasteiger partial charge in [0.1, 0.15) is 0 Å². The summed E-state index contributed by atoms with van der Waals surface area (Å²) in [6, 6.07) is 15.5. The first-order valence-electron chi connectivity index (χ1n) is 7.53. The van der Waals surface area contributed by atoms with Gasteiger partial charge in [-0.05, 0) is 48.2 Å². The molecule has 0 radical (unpaired) electrons. The summed E-state index contributed by atoms with van der Waals surface area (Å²) < 4.78 is 0. The standard InChI is InChI=1S/C18H19ClN2O.ClH/c19-15-7-5-14(6-8-15)17-2-1-11-21(17)18(22)12-13-3-9-16(20)10-4-13;/h3-10,17H,1-2,11-12,20H2;1H. The van der Waals surface area contributed by atoms with E-state index in [-0.39, 0.29) is 24.4 Å². The van der Waals surface area contributed by atoms with Crippen molar-refractivity contribution in [3.63, 3.8) is 0 Å². The number of nitrogens with zero attached hydrogens (tertiary/aromatic N) is 1. The maximum atomic E-state index is 12.6. The minimum atomic E-state index is 0. The SMILES string of the molecule is Cl.Nc1ccc(CC(=O)N2CCCC2c2ccc(Cl)cc2)cc1. The van der Waals surface area contributed by atoms with E-state index in [1.165, 1.54) is 0 Å². The molecule has 1 aliphatic heterocycles. The number of halogens is 2. The molecular weight excluding hydrogens is 331 g/mol. The first kappa shape index (κ1) is 17.6. The highest BCUT2D eigenvalue weighted by Gasteiger charge is 2.29. The molecule has 2 aromatic rings. The Kier molecular flexibility index (Phi) is 5.91. The molecule has 1 heterocycles. The van der Waals surface area contributed by atoms with Gasteiger partial charge in [-0.3, -0.25) is 4.79 Å². The Labute approximate surface area is 147 Å². The zero-order chi connectivity index (χ0) is 15.5. The summed E-state index contributed by atoms with van der Waals surface area (Å²) >= 11 is 5.95. The first-order valence-corrected chi connectivity index (χ1v) is 7.90. The van der Waals surface area contributed by atoms with Crippen LogP contribution in [0.5, 0.6) is 0 Å². The lowest BCUT2D eigenvalue weighted by molar-refractivity contribution is -0.131. The zero-order valence-corrected chi connectivity index (χ0v) is 14.3. The van der Waals surface area contributed by atoms with Crippen molar-refractivity contribution in [2.24, 2.45) is 0 Å². The van der Waals surface area contributed by atoms with Gasteiger partial charge >= 0.3 is 0 Å². The van der Waals surface area contributed by atoms with E-state index in [0.717, 1.165) is 41.2 Å². The Hall–Kier alpha value is -1.71. The third-order valence-corrected chi connectivity index (χ3v) is 4.41. The lowest BCUT2D eigenvalue weighted by atomic mass is 10.0. The number of likely N-dealkylation sites (tertiary alicyclic amines) is 1. The van der Waals surface area contributed by atoms with Crippen molar-refractivity contribution in [3.8, 4) is 0 Å². The molecule has 3 rings (SSSR count). The number of rotatable bonds is 3. The van der Waals surface area contributed by atoms with Gasteiger partial charge in [0.25, 0.3) is 0 Å². The number of hydrogen-bond acceptors (Lipinski definition) is 2. The fourth-order valence-electron chi connectivity index (χ4n) is 3.01. The lowest BCUT2D eigenvalue weighted by Gasteiger charge is -2.25. The van der Waals surface area contributed by atoms with E-state index in [1.54, 1.807) is 0 Å². The quantitative estimate of drug-likeness (QED) is 0.841. The second-order valence-electron chi connectivity index (χ2n) is 5.72. The first-order chi connectivity index (χ1) is 10.6. The Morgan fingerprint density at radius 2 is 1.78 bits per heavy atom. The minimum absolute atomic E-state index is 0. The van der Waals surface area contributed by atoms with Gasteiger partial charge in [0, 0.05) is 17.3 Å². The molecule has 2 aromatic carbocycles. The fourth-order valence-corrected chi connectivity index (χ4v) is 3.13. The molecule has 1 aliphatic rings. The summed E-state index contributed by atoms with van der Waals surface area (Å²) in [6.07, 6.45) is 2.47. The number of carbonyl (C=O) groups excluding carboxylic acids is 1. The van der Waals surface area contributed by atoms with E-state index in [2.05, 4.69) is 0 Å². The molecule has 5 heteroatoms. The van der Waals surface area contributed by atoms with Crippen LogP contribution in [0.15, 0.2) is 48.5 Å². The molecule has 2 N–H and O–H groups in total. The van der Waals surface area contributed by atoms with Crippen LogP contribution in [0.25, 0.3) is 0 Å². The summed E-state index contributed by atoms with van der Waals surface area (Å²) in [5.41, 5.74) is 8.56. The number of benzene rings is 2. The van der Waals surface area contributed by atoms with E-state index in [1.807, 2.05) is 53.4 Å². The second kappa shape index (κ2) is 7.71. The van der Waals surface area contributed by atoms with Gasteiger partial charge in [0.2, 0.25) is 5.91 Å². The molecule has 0 saturated carbocycles. The maximum absolute atomic E-state index is 12.6. The number of nitrogens with two attached hydrogens (primary N) is 1. The van der Waals surface area contributed by atoms with Crippen LogP contribution in [0.1, 0.15) is 30.0 Å². The van der Waals surface area contributed by atoms with Crippen molar-refractivity contribution in [2.45, 2.75) is 25.3 Å². The Morgan fingerprint density at radius 1 is 1.13 bits per heavy atom. The minimum Gasteiger partial charge on any atom is -0.399 e. The largest absolute Gasteiger partial charge is 0.399 e. The lowest BCUT2D eigenvalue weighted by Crippen LogP contribution is -2.31.